The molecule has 0 aliphatic heterocycles. The van der Waals surface area contributed by atoms with Crippen molar-refractivity contribution < 1.29 is 4.74 Å². The third-order valence-corrected chi connectivity index (χ3v) is 4.61. The molecule has 4 aliphatic rings. The standard InChI is InChI=1S/C12H18O/c1-8-11-4-9-3-10(5-11)7-12(8,6-9)13-2/h9-11H,1,3-7H2,2H3/t9-,10+,11?,12?. The molecule has 0 N–H and O–H groups in total. The summed E-state index contributed by atoms with van der Waals surface area (Å²) in [5.41, 5.74) is 1.52. The maximum atomic E-state index is 5.76. The molecule has 1 nitrogen and oxygen atoms in total. The van der Waals surface area contributed by atoms with Crippen molar-refractivity contribution in [3.05, 3.63) is 12.2 Å². The quantitative estimate of drug-likeness (QED) is 0.561. The maximum Gasteiger partial charge on any atom is 0.0893 e. The van der Waals surface area contributed by atoms with Crippen LogP contribution in [0, 0.1) is 17.8 Å². The molecular weight excluding hydrogens is 160 g/mol. The van der Waals surface area contributed by atoms with E-state index >= 15 is 0 Å². The summed E-state index contributed by atoms with van der Waals surface area (Å²) in [7, 11) is 1.87. The van der Waals surface area contributed by atoms with Gasteiger partial charge in [0.15, 0.2) is 0 Å². The monoisotopic (exact) mass is 178 g/mol. The second-order valence-electron chi connectivity index (χ2n) is 5.27. The first kappa shape index (κ1) is 8.05. The van der Waals surface area contributed by atoms with Crippen LogP contribution in [0.3, 0.4) is 0 Å². The summed E-state index contributed by atoms with van der Waals surface area (Å²) in [5, 5.41) is 0. The van der Waals surface area contributed by atoms with E-state index in [9.17, 15) is 0 Å². The van der Waals surface area contributed by atoms with Crippen molar-refractivity contribution in [3.63, 3.8) is 0 Å². The number of hydrogen-bond acceptors (Lipinski definition) is 1. The Morgan fingerprint density at radius 3 is 2.38 bits per heavy atom. The number of hydrogen-bond donors (Lipinski definition) is 0. The smallest absolute Gasteiger partial charge is 0.0893 e. The van der Waals surface area contributed by atoms with Gasteiger partial charge >= 0.3 is 0 Å². The van der Waals surface area contributed by atoms with Gasteiger partial charge in [-0.2, -0.15) is 0 Å². The molecule has 0 spiro atoms. The van der Waals surface area contributed by atoms with Gasteiger partial charge in [0.1, 0.15) is 0 Å². The van der Waals surface area contributed by atoms with Gasteiger partial charge in [-0.05, 0) is 55.4 Å². The van der Waals surface area contributed by atoms with E-state index in [4.69, 9.17) is 4.74 Å². The number of methoxy groups -OCH3 is 1. The van der Waals surface area contributed by atoms with E-state index in [-0.39, 0.29) is 5.60 Å². The first-order valence-electron chi connectivity index (χ1n) is 5.48. The van der Waals surface area contributed by atoms with E-state index in [1.54, 1.807) is 0 Å². The summed E-state index contributed by atoms with van der Waals surface area (Å²) in [6.45, 7) is 4.27. The number of rotatable bonds is 1. The van der Waals surface area contributed by atoms with Crippen molar-refractivity contribution in [1.29, 1.82) is 0 Å². The summed E-state index contributed by atoms with van der Waals surface area (Å²) < 4.78 is 5.76. The lowest BCUT2D eigenvalue weighted by Gasteiger charge is -2.57. The molecule has 0 radical (unpaired) electrons. The van der Waals surface area contributed by atoms with Crippen LogP contribution in [-0.2, 0) is 4.74 Å². The molecule has 4 aliphatic carbocycles. The van der Waals surface area contributed by atoms with Crippen LogP contribution in [0.15, 0.2) is 12.2 Å². The van der Waals surface area contributed by atoms with Crippen molar-refractivity contribution in [1.82, 2.24) is 0 Å². The lowest BCUT2D eigenvalue weighted by Crippen LogP contribution is -2.53. The zero-order chi connectivity index (χ0) is 9.05. The predicted octanol–water partition coefficient (Wildman–Crippen LogP) is 2.77. The van der Waals surface area contributed by atoms with Crippen LogP contribution in [-0.4, -0.2) is 12.7 Å². The topological polar surface area (TPSA) is 9.23 Å². The van der Waals surface area contributed by atoms with E-state index in [0.717, 1.165) is 17.8 Å². The van der Waals surface area contributed by atoms with E-state index in [0.29, 0.717) is 0 Å². The van der Waals surface area contributed by atoms with Gasteiger partial charge in [-0.1, -0.05) is 6.58 Å². The van der Waals surface area contributed by atoms with E-state index in [1.807, 2.05) is 7.11 Å². The van der Waals surface area contributed by atoms with Gasteiger partial charge in [0.05, 0.1) is 5.60 Å². The van der Waals surface area contributed by atoms with Gasteiger partial charge in [-0.25, -0.2) is 0 Å². The van der Waals surface area contributed by atoms with Crippen LogP contribution >= 0.6 is 0 Å². The Labute approximate surface area is 80.2 Å². The third kappa shape index (κ3) is 0.914. The number of ether oxygens (including phenoxy) is 1. The van der Waals surface area contributed by atoms with Crippen molar-refractivity contribution in [2.24, 2.45) is 17.8 Å². The maximum absolute atomic E-state index is 5.76. The summed E-state index contributed by atoms with van der Waals surface area (Å²) in [6.07, 6.45) is 6.79. The van der Waals surface area contributed by atoms with Gasteiger partial charge in [0, 0.05) is 7.11 Å². The van der Waals surface area contributed by atoms with Gasteiger partial charge in [0.25, 0.3) is 0 Å². The van der Waals surface area contributed by atoms with Crippen LogP contribution in [0.5, 0.6) is 0 Å². The van der Waals surface area contributed by atoms with Crippen molar-refractivity contribution in [2.75, 3.05) is 7.11 Å². The van der Waals surface area contributed by atoms with Gasteiger partial charge < -0.3 is 4.74 Å². The second kappa shape index (κ2) is 2.38. The largest absolute Gasteiger partial charge is 0.374 e. The van der Waals surface area contributed by atoms with Crippen LogP contribution in [0.25, 0.3) is 0 Å². The highest BCUT2D eigenvalue weighted by Crippen LogP contribution is 2.58. The molecule has 4 saturated carbocycles. The molecule has 72 valence electrons. The minimum absolute atomic E-state index is 0.106. The second-order valence-corrected chi connectivity index (χ2v) is 5.27. The zero-order valence-electron chi connectivity index (χ0n) is 8.38. The molecular formula is C12H18O. The Kier molecular flexibility index (Phi) is 1.48. The minimum atomic E-state index is 0.106. The average molecular weight is 178 g/mol. The lowest BCUT2D eigenvalue weighted by molar-refractivity contribution is -0.100. The molecule has 0 saturated heterocycles. The highest BCUT2D eigenvalue weighted by molar-refractivity contribution is 5.26. The molecule has 0 aromatic rings. The van der Waals surface area contributed by atoms with Crippen LogP contribution in [0.4, 0.5) is 0 Å². The van der Waals surface area contributed by atoms with Crippen LogP contribution in [0.2, 0.25) is 0 Å². The molecule has 13 heavy (non-hydrogen) atoms. The molecule has 4 rings (SSSR count). The molecule has 0 aromatic carbocycles. The Hall–Kier alpha value is -0.300. The van der Waals surface area contributed by atoms with Gasteiger partial charge in [-0.15, -0.1) is 0 Å². The Morgan fingerprint density at radius 2 is 1.85 bits per heavy atom. The summed E-state index contributed by atoms with van der Waals surface area (Å²) in [5.74, 6) is 2.69. The first-order chi connectivity index (χ1) is 6.23. The fourth-order valence-corrected chi connectivity index (χ4v) is 4.13. The molecule has 1 heteroatoms. The molecule has 4 fully saturated rings. The first-order valence-corrected chi connectivity index (χ1v) is 5.48. The van der Waals surface area contributed by atoms with Crippen molar-refractivity contribution >= 4 is 0 Å². The molecule has 4 atom stereocenters. The highest BCUT2D eigenvalue weighted by atomic mass is 16.5. The normalized spacial score (nSPS) is 53.0. The summed E-state index contributed by atoms with van der Waals surface area (Å²) in [6, 6.07) is 0. The molecule has 4 bridgehead atoms. The fourth-order valence-electron chi connectivity index (χ4n) is 4.13. The van der Waals surface area contributed by atoms with Gasteiger partial charge in [0.2, 0.25) is 0 Å². The minimum Gasteiger partial charge on any atom is -0.374 e. The van der Waals surface area contributed by atoms with Gasteiger partial charge in [-0.3, -0.25) is 0 Å². The molecule has 0 aromatic heterocycles. The fraction of sp³-hybridized carbons (Fsp3) is 0.833. The third-order valence-electron chi connectivity index (χ3n) is 4.61. The van der Waals surface area contributed by atoms with E-state index in [1.165, 1.54) is 37.7 Å². The zero-order valence-corrected chi connectivity index (χ0v) is 8.38. The van der Waals surface area contributed by atoms with Crippen LogP contribution in [0.1, 0.15) is 32.1 Å². The predicted molar refractivity (Wildman–Crippen MR) is 52.4 cm³/mol. The Bertz CT molecular complexity index is 242. The summed E-state index contributed by atoms with van der Waals surface area (Å²) >= 11 is 0. The average Bonchev–Trinajstić information content (AvgIpc) is 2.12. The SMILES string of the molecule is C=C1C2C[C@@H]3C[C@H](C2)CC1(OC)C3. The van der Waals surface area contributed by atoms with Crippen LogP contribution < -0.4 is 0 Å². The summed E-state index contributed by atoms with van der Waals surface area (Å²) in [4.78, 5) is 0. The molecule has 2 unspecified atom stereocenters. The van der Waals surface area contributed by atoms with E-state index < -0.39 is 0 Å². The molecule has 0 amide bonds. The highest BCUT2D eigenvalue weighted by Gasteiger charge is 2.53. The lowest BCUT2D eigenvalue weighted by atomic mass is 9.52. The Morgan fingerprint density at radius 1 is 1.23 bits per heavy atom. The van der Waals surface area contributed by atoms with Crippen molar-refractivity contribution in [2.45, 2.75) is 37.7 Å². The Balaban J connectivity index is 2.00. The van der Waals surface area contributed by atoms with E-state index in [2.05, 4.69) is 6.58 Å². The van der Waals surface area contributed by atoms with Crippen molar-refractivity contribution in [3.8, 4) is 0 Å². The molecule has 0 heterocycles.